The van der Waals surface area contributed by atoms with Crippen LogP contribution in [0.5, 0.6) is 23.0 Å². The first-order valence-corrected chi connectivity index (χ1v) is 16.4. The molecule has 0 N–H and O–H groups in total. The van der Waals surface area contributed by atoms with Crippen molar-refractivity contribution >= 4 is 40.7 Å². The number of nitro benzene ring substituents is 1. The molecule has 0 saturated heterocycles. The van der Waals surface area contributed by atoms with Crippen LogP contribution in [0.25, 0.3) is 6.08 Å². The van der Waals surface area contributed by atoms with E-state index in [0.717, 1.165) is 11.3 Å². The van der Waals surface area contributed by atoms with Crippen LogP contribution in [-0.2, 0) is 16.1 Å². The molecule has 2 heterocycles. The number of allylic oxidation sites excluding steroid dienone is 1. The van der Waals surface area contributed by atoms with E-state index in [-0.39, 0.29) is 46.9 Å². The van der Waals surface area contributed by atoms with Crippen LogP contribution in [0.2, 0.25) is 5.02 Å². The lowest BCUT2D eigenvalue weighted by Gasteiger charge is -2.25. The molecule has 0 aliphatic carbocycles. The Hall–Kier alpha value is -5.14. The summed E-state index contributed by atoms with van der Waals surface area (Å²) in [5.74, 6) is 0.923. The lowest BCUT2D eigenvalue weighted by Crippen LogP contribution is -2.40. The Morgan fingerprint density at radius 3 is 2.53 bits per heavy atom. The van der Waals surface area contributed by atoms with Crippen molar-refractivity contribution in [1.29, 1.82) is 0 Å². The molecule has 0 amide bonds. The SMILES string of the molecule is CCOC(=O)C1=C(C)N=c2s/c(=C\c3cc(Cl)c(OCc4cccc([N+](=O)[O-])c4)c(OC)c3)c(=O)n2[C@H]1c1ccc(OC(C)C)c(OC)c1. The summed E-state index contributed by atoms with van der Waals surface area (Å²) >= 11 is 7.79. The van der Waals surface area contributed by atoms with Crippen molar-refractivity contribution in [2.75, 3.05) is 20.8 Å². The molecular weight excluding hydrogens is 674 g/mol. The van der Waals surface area contributed by atoms with Gasteiger partial charge in [0.25, 0.3) is 11.2 Å². The number of esters is 1. The van der Waals surface area contributed by atoms with Gasteiger partial charge < -0.3 is 23.7 Å². The fourth-order valence-electron chi connectivity index (χ4n) is 5.34. The van der Waals surface area contributed by atoms with E-state index in [0.29, 0.717) is 49.0 Å². The molecule has 49 heavy (non-hydrogen) atoms. The van der Waals surface area contributed by atoms with Gasteiger partial charge in [0.15, 0.2) is 27.8 Å². The highest BCUT2D eigenvalue weighted by molar-refractivity contribution is 7.07. The molecule has 1 aromatic heterocycles. The summed E-state index contributed by atoms with van der Waals surface area (Å²) in [5.41, 5.74) is 1.94. The Kier molecular flexibility index (Phi) is 10.7. The van der Waals surface area contributed by atoms with Crippen LogP contribution in [-0.4, -0.2) is 42.4 Å². The Morgan fingerprint density at radius 1 is 1.10 bits per heavy atom. The molecule has 0 fully saturated rings. The Bertz CT molecular complexity index is 2140. The normalized spacial score (nSPS) is 14.3. The summed E-state index contributed by atoms with van der Waals surface area (Å²) in [6, 6.07) is 13.8. The van der Waals surface area contributed by atoms with Gasteiger partial charge in [-0.25, -0.2) is 9.79 Å². The van der Waals surface area contributed by atoms with Gasteiger partial charge in [0.05, 0.1) is 58.7 Å². The molecule has 0 radical (unpaired) electrons. The van der Waals surface area contributed by atoms with E-state index in [2.05, 4.69) is 4.99 Å². The van der Waals surface area contributed by atoms with E-state index in [9.17, 15) is 19.7 Å². The number of halogens is 1. The molecule has 12 nitrogen and oxygen atoms in total. The summed E-state index contributed by atoms with van der Waals surface area (Å²) in [4.78, 5) is 43.2. The number of nitro groups is 1. The van der Waals surface area contributed by atoms with E-state index < -0.39 is 16.9 Å². The van der Waals surface area contributed by atoms with Crippen LogP contribution < -0.4 is 33.8 Å². The highest BCUT2D eigenvalue weighted by atomic mass is 35.5. The van der Waals surface area contributed by atoms with Crippen LogP contribution in [0.4, 0.5) is 5.69 Å². The molecule has 5 rings (SSSR count). The van der Waals surface area contributed by atoms with Gasteiger partial charge in [-0.1, -0.05) is 41.1 Å². The number of hydrogen-bond acceptors (Lipinski definition) is 11. The number of fused-ring (bicyclic) bond motifs is 1. The lowest BCUT2D eigenvalue weighted by atomic mass is 9.95. The van der Waals surface area contributed by atoms with Crippen LogP contribution >= 0.6 is 22.9 Å². The zero-order valence-corrected chi connectivity index (χ0v) is 29.2. The standard InChI is InChI=1S/C35H34ClN3O9S/c1-7-46-34(41)30-20(4)37-35-38(31(30)23-11-12-26(48-19(2)3)27(17-23)44-5)33(40)29(49-35)16-22-14-25(36)32(28(15-22)45-6)47-18-21-9-8-10-24(13-21)39(42)43/h8-17,19,31H,7,18H2,1-6H3/b29-16-/t31-/m0/s1. The Morgan fingerprint density at radius 2 is 1.86 bits per heavy atom. The summed E-state index contributed by atoms with van der Waals surface area (Å²) in [7, 11) is 2.98. The quantitative estimate of drug-likeness (QED) is 0.102. The maximum atomic E-state index is 14.2. The summed E-state index contributed by atoms with van der Waals surface area (Å²) in [6.07, 6.45) is 1.55. The van der Waals surface area contributed by atoms with Crippen molar-refractivity contribution in [2.24, 2.45) is 4.99 Å². The third-order valence-corrected chi connectivity index (χ3v) is 8.70. The molecule has 3 aromatic carbocycles. The van der Waals surface area contributed by atoms with E-state index in [1.807, 2.05) is 13.8 Å². The largest absolute Gasteiger partial charge is 0.493 e. The summed E-state index contributed by atoms with van der Waals surface area (Å²) in [6.45, 7) is 7.38. The van der Waals surface area contributed by atoms with Crippen molar-refractivity contribution in [2.45, 2.75) is 46.4 Å². The zero-order chi connectivity index (χ0) is 35.4. The van der Waals surface area contributed by atoms with Crippen LogP contribution in [0.3, 0.4) is 0 Å². The Labute approximate surface area is 290 Å². The summed E-state index contributed by atoms with van der Waals surface area (Å²) in [5, 5.41) is 11.4. The summed E-state index contributed by atoms with van der Waals surface area (Å²) < 4.78 is 30.2. The number of hydrogen-bond donors (Lipinski definition) is 0. The van der Waals surface area contributed by atoms with Crippen LogP contribution in [0.1, 0.15) is 50.4 Å². The van der Waals surface area contributed by atoms with Gasteiger partial charge in [-0.3, -0.25) is 19.5 Å². The van der Waals surface area contributed by atoms with Gasteiger partial charge in [-0.2, -0.15) is 0 Å². The van der Waals surface area contributed by atoms with E-state index in [1.54, 1.807) is 62.4 Å². The smallest absolute Gasteiger partial charge is 0.338 e. The maximum absolute atomic E-state index is 14.2. The number of non-ortho nitro benzene ring substituents is 1. The minimum absolute atomic E-state index is 0.00716. The molecule has 1 atom stereocenters. The monoisotopic (exact) mass is 707 g/mol. The van der Waals surface area contributed by atoms with E-state index in [1.165, 1.54) is 30.9 Å². The minimum atomic E-state index is -0.859. The van der Waals surface area contributed by atoms with Gasteiger partial charge in [0, 0.05) is 12.1 Å². The fraction of sp³-hybridized carbons (Fsp3) is 0.286. The third-order valence-electron chi connectivity index (χ3n) is 7.44. The number of ether oxygens (including phenoxy) is 5. The van der Waals surface area contributed by atoms with Crippen LogP contribution in [0.15, 0.2) is 75.7 Å². The number of benzene rings is 3. The molecule has 4 aromatic rings. The van der Waals surface area contributed by atoms with Gasteiger partial charge in [0.1, 0.15) is 6.61 Å². The van der Waals surface area contributed by atoms with Crippen molar-refractivity contribution in [3.05, 3.63) is 117 Å². The first-order valence-electron chi connectivity index (χ1n) is 15.2. The highest BCUT2D eigenvalue weighted by Gasteiger charge is 2.34. The van der Waals surface area contributed by atoms with Gasteiger partial charge in [-0.05, 0) is 74.7 Å². The average Bonchev–Trinajstić information content (AvgIpc) is 3.36. The highest BCUT2D eigenvalue weighted by Crippen LogP contribution is 2.38. The fourth-order valence-corrected chi connectivity index (χ4v) is 6.66. The Balaban J connectivity index is 1.57. The number of carbonyl (C=O) groups is 1. The van der Waals surface area contributed by atoms with Crippen LogP contribution in [0, 0.1) is 10.1 Å². The molecule has 14 heteroatoms. The van der Waals surface area contributed by atoms with E-state index in [4.69, 9.17) is 35.3 Å². The third kappa shape index (κ3) is 7.47. The predicted octanol–water partition coefficient (Wildman–Crippen LogP) is 5.74. The average molecular weight is 708 g/mol. The molecule has 0 saturated carbocycles. The maximum Gasteiger partial charge on any atom is 0.338 e. The second kappa shape index (κ2) is 15.0. The molecular formula is C35H34ClN3O9S. The van der Waals surface area contributed by atoms with Crippen molar-refractivity contribution in [3.8, 4) is 23.0 Å². The molecule has 0 bridgehead atoms. The number of aromatic nitrogens is 1. The minimum Gasteiger partial charge on any atom is -0.493 e. The number of carbonyl (C=O) groups excluding carboxylic acids is 1. The number of methoxy groups -OCH3 is 2. The zero-order valence-electron chi connectivity index (χ0n) is 27.6. The first kappa shape index (κ1) is 35.2. The number of nitrogens with zero attached hydrogens (tertiary/aromatic N) is 3. The van der Waals surface area contributed by atoms with Gasteiger partial charge in [-0.15, -0.1) is 0 Å². The predicted molar refractivity (Wildman–Crippen MR) is 185 cm³/mol. The molecule has 0 spiro atoms. The first-order chi connectivity index (χ1) is 23.4. The van der Waals surface area contributed by atoms with Crippen molar-refractivity contribution in [3.63, 3.8) is 0 Å². The van der Waals surface area contributed by atoms with Gasteiger partial charge in [0.2, 0.25) is 0 Å². The molecule has 1 aliphatic heterocycles. The molecule has 256 valence electrons. The van der Waals surface area contributed by atoms with Gasteiger partial charge >= 0.3 is 5.97 Å². The topological polar surface area (TPSA) is 141 Å². The second-order valence-electron chi connectivity index (χ2n) is 11.1. The van der Waals surface area contributed by atoms with Crippen molar-refractivity contribution in [1.82, 2.24) is 4.57 Å². The number of rotatable bonds is 12. The van der Waals surface area contributed by atoms with E-state index >= 15 is 0 Å². The number of thiazole rings is 1. The van der Waals surface area contributed by atoms with Crippen molar-refractivity contribution < 1.29 is 33.4 Å². The molecule has 0 unspecified atom stereocenters. The second-order valence-corrected chi connectivity index (χ2v) is 12.5. The molecule has 1 aliphatic rings. The lowest BCUT2D eigenvalue weighted by molar-refractivity contribution is -0.384.